The van der Waals surface area contributed by atoms with Crippen molar-refractivity contribution in [2.45, 2.75) is 19.4 Å². The van der Waals surface area contributed by atoms with Crippen LogP contribution in [0, 0.1) is 6.92 Å². The molecule has 0 aromatic heterocycles. The van der Waals surface area contributed by atoms with E-state index in [9.17, 15) is 4.79 Å². The van der Waals surface area contributed by atoms with Crippen LogP contribution in [0.5, 0.6) is 11.5 Å². The zero-order valence-corrected chi connectivity index (χ0v) is 10.8. The summed E-state index contributed by atoms with van der Waals surface area (Å²) < 4.78 is 15.4. The van der Waals surface area contributed by atoms with E-state index in [-0.39, 0.29) is 12.0 Å². The van der Waals surface area contributed by atoms with Crippen LogP contribution in [0.3, 0.4) is 0 Å². The second-order valence-corrected chi connectivity index (χ2v) is 4.18. The molecular weight excluding hydrogens is 234 g/mol. The summed E-state index contributed by atoms with van der Waals surface area (Å²) in [6.07, 6.45) is 0.687. The molecule has 1 aromatic carbocycles. The number of carbonyl (C=O) groups is 1. The molecule has 1 aliphatic heterocycles. The summed E-state index contributed by atoms with van der Waals surface area (Å²) in [5.74, 6) is 1.11. The van der Waals surface area contributed by atoms with Gasteiger partial charge < -0.3 is 19.5 Å². The molecule has 5 nitrogen and oxygen atoms in total. The van der Waals surface area contributed by atoms with Gasteiger partial charge in [0, 0.05) is 18.2 Å². The van der Waals surface area contributed by atoms with Crippen LogP contribution in [0.15, 0.2) is 12.1 Å². The molecule has 0 radical (unpaired) electrons. The van der Waals surface area contributed by atoms with Gasteiger partial charge in [0.15, 0.2) is 11.5 Å². The average Bonchev–Trinajstić information content (AvgIpc) is 2.77. The average molecular weight is 251 g/mol. The van der Waals surface area contributed by atoms with Gasteiger partial charge in [-0.25, -0.2) is 4.79 Å². The highest BCUT2D eigenvalue weighted by Gasteiger charge is 2.26. The van der Waals surface area contributed by atoms with E-state index in [1.165, 1.54) is 0 Å². The molecule has 0 amide bonds. The van der Waals surface area contributed by atoms with Crippen LogP contribution in [0.1, 0.15) is 12.0 Å². The van der Waals surface area contributed by atoms with Gasteiger partial charge in [0.2, 0.25) is 0 Å². The second-order valence-electron chi connectivity index (χ2n) is 4.18. The summed E-state index contributed by atoms with van der Waals surface area (Å²) in [6, 6.07) is 3.43. The Bertz CT molecular complexity index is 459. The van der Waals surface area contributed by atoms with Crippen molar-refractivity contribution in [1.82, 2.24) is 0 Å². The monoisotopic (exact) mass is 251 g/mol. The number of benzene rings is 1. The number of esters is 1. The first-order chi connectivity index (χ1) is 8.65. The standard InChI is InChI=1S/C13H17NO4/c1-8-6-11(16-2)12(17-3)7-10(8)14-9-4-5-18-13(9)15/h6-7,9,14H,4-5H2,1-3H3/t9-/m1/s1. The van der Waals surface area contributed by atoms with Gasteiger partial charge >= 0.3 is 5.97 Å². The summed E-state index contributed by atoms with van der Waals surface area (Å²) in [5, 5.41) is 3.17. The molecule has 2 rings (SSSR count). The minimum atomic E-state index is -0.276. The van der Waals surface area contributed by atoms with Gasteiger partial charge in [-0.3, -0.25) is 0 Å². The van der Waals surface area contributed by atoms with Gasteiger partial charge in [-0.15, -0.1) is 0 Å². The van der Waals surface area contributed by atoms with Crippen LogP contribution in [0.25, 0.3) is 0 Å². The first-order valence-corrected chi connectivity index (χ1v) is 5.81. The van der Waals surface area contributed by atoms with E-state index in [4.69, 9.17) is 14.2 Å². The number of hydrogen-bond acceptors (Lipinski definition) is 5. The molecule has 0 spiro atoms. The third-order valence-electron chi connectivity index (χ3n) is 3.00. The van der Waals surface area contributed by atoms with Crippen molar-refractivity contribution in [3.05, 3.63) is 17.7 Å². The molecule has 1 saturated heterocycles. The fourth-order valence-electron chi connectivity index (χ4n) is 1.95. The molecule has 1 fully saturated rings. The van der Waals surface area contributed by atoms with Crippen LogP contribution in [-0.2, 0) is 9.53 Å². The van der Waals surface area contributed by atoms with Gasteiger partial charge in [-0.2, -0.15) is 0 Å². The molecule has 0 saturated carbocycles. The number of carbonyl (C=O) groups excluding carboxylic acids is 1. The molecule has 98 valence electrons. The van der Waals surface area contributed by atoms with Gasteiger partial charge in [0.1, 0.15) is 6.04 Å². The van der Waals surface area contributed by atoms with Crippen LogP contribution >= 0.6 is 0 Å². The Morgan fingerprint density at radius 1 is 1.28 bits per heavy atom. The molecule has 1 N–H and O–H groups in total. The second kappa shape index (κ2) is 5.16. The fourth-order valence-corrected chi connectivity index (χ4v) is 1.95. The molecule has 1 heterocycles. The van der Waals surface area contributed by atoms with Gasteiger partial charge in [-0.05, 0) is 18.6 Å². The number of aryl methyl sites for hydroxylation is 1. The largest absolute Gasteiger partial charge is 0.493 e. The Morgan fingerprint density at radius 3 is 2.50 bits per heavy atom. The van der Waals surface area contributed by atoms with E-state index in [0.717, 1.165) is 11.3 Å². The molecule has 0 bridgehead atoms. The number of nitrogens with one attached hydrogen (secondary N) is 1. The van der Waals surface area contributed by atoms with E-state index in [0.29, 0.717) is 24.5 Å². The lowest BCUT2D eigenvalue weighted by molar-refractivity contribution is -0.138. The van der Waals surface area contributed by atoms with Gasteiger partial charge in [-0.1, -0.05) is 0 Å². The zero-order valence-electron chi connectivity index (χ0n) is 10.8. The highest BCUT2D eigenvalue weighted by atomic mass is 16.5. The number of cyclic esters (lactones) is 1. The third kappa shape index (κ3) is 2.34. The van der Waals surface area contributed by atoms with Crippen molar-refractivity contribution in [3.63, 3.8) is 0 Å². The Kier molecular flexibility index (Phi) is 3.60. The minimum Gasteiger partial charge on any atom is -0.493 e. The molecule has 0 unspecified atom stereocenters. The first kappa shape index (κ1) is 12.5. The van der Waals surface area contributed by atoms with Crippen molar-refractivity contribution >= 4 is 11.7 Å². The lowest BCUT2D eigenvalue weighted by atomic mass is 10.1. The third-order valence-corrected chi connectivity index (χ3v) is 3.00. The van der Waals surface area contributed by atoms with Crippen LogP contribution in [-0.4, -0.2) is 32.8 Å². The smallest absolute Gasteiger partial charge is 0.328 e. The van der Waals surface area contributed by atoms with Crippen molar-refractivity contribution in [2.75, 3.05) is 26.1 Å². The predicted molar refractivity (Wildman–Crippen MR) is 67.3 cm³/mol. The van der Waals surface area contributed by atoms with Gasteiger partial charge in [0.25, 0.3) is 0 Å². The molecular formula is C13H17NO4. The maximum absolute atomic E-state index is 11.4. The Hall–Kier alpha value is -1.91. The van der Waals surface area contributed by atoms with Crippen molar-refractivity contribution in [3.8, 4) is 11.5 Å². The lowest BCUT2D eigenvalue weighted by Crippen LogP contribution is -2.24. The maximum Gasteiger partial charge on any atom is 0.328 e. The number of rotatable bonds is 4. The van der Waals surface area contributed by atoms with Crippen LogP contribution < -0.4 is 14.8 Å². The normalized spacial score (nSPS) is 18.4. The minimum absolute atomic E-state index is 0.204. The summed E-state index contributed by atoms with van der Waals surface area (Å²) >= 11 is 0. The first-order valence-electron chi connectivity index (χ1n) is 5.81. The summed E-state index contributed by atoms with van der Waals surface area (Å²) in [6.45, 7) is 2.42. The van der Waals surface area contributed by atoms with E-state index in [1.807, 2.05) is 19.1 Å². The number of anilines is 1. The summed E-state index contributed by atoms with van der Waals surface area (Å²) in [5.41, 5.74) is 1.85. The number of hydrogen-bond donors (Lipinski definition) is 1. The molecule has 1 aliphatic rings. The van der Waals surface area contributed by atoms with Crippen LogP contribution in [0.2, 0.25) is 0 Å². The summed E-state index contributed by atoms with van der Waals surface area (Å²) in [4.78, 5) is 11.4. The van der Waals surface area contributed by atoms with E-state index in [2.05, 4.69) is 5.32 Å². The van der Waals surface area contributed by atoms with Crippen molar-refractivity contribution in [2.24, 2.45) is 0 Å². The molecule has 0 aliphatic carbocycles. The van der Waals surface area contributed by atoms with Gasteiger partial charge in [0.05, 0.1) is 20.8 Å². The Labute approximate surface area is 106 Å². The van der Waals surface area contributed by atoms with Crippen molar-refractivity contribution in [1.29, 1.82) is 0 Å². The highest BCUT2D eigenvalue weighted by molar-refractivity contribution is 5.81. The Morgan fingerprint density at radius 2 is 1.94 bits per heavy atom. The molecule has 5 heteroatoms. The van der Waals surface area contributed by atoms with Crippen LogP contribution in [0.4, 0.5) is 5.69 Å². The molecule has 1 aromatic rings. The zero-order chi connectivity index (χ0) is 13.1. The predicted octanol–water partition coefficient (Wildman–Crippen LogP) is 1.74. The Balaban J connectivity index is 2.24. The maximum atomic E-state index is 11.4. The van der Waals surface area contributed by atoms with Crippen molar-refractivity contribution < 1.29 is 19.0 Å². The highest BCUT2D eigenvalue weighted by Crippen LogP contribution is 2.33. The SMILES string of the molecule is COc1cc(C)c(N[C@@H]2CCOC2=O)cc1OC. The van der Waals surface area contributed by atoms with E-state index in [1.54, 1.807) is 14.2 Å². The molecule has 1 atom stereocenters. The van der Waals surface area contributed by atoms with E-state index < -0.39 is 0 Å². The summed E-state index contributed by atoms with van der Waals surface area (Å²) in [7, 11) is 3.18. The molecule has 18 heavy (non-hydrogen) atoms. The lowest BCUT2D eigenvalue weighted by Gasteiger charge is -2.16. The van der Waals surface area contributed by atoms with E-state index >= 15 is 0 Å². The quantitative estimate of drug-likeness (QED) is 0.826. The fraction of sp³-hybridized carbons (Fsp3) is 0.462. The topological polar surface area (TPSA) is 56.8 Å². The number of methoxy groups -OCH3 is 2. The number of ether oxygens (including phenoxy) is 3.